The Labute approximate surface area is 161 Å². The molecule has 4 heteroatoms. The molecule has 3 N–H and O–H groups in total. The Hall–Kier alpha value is -1.91. The van der Waals surface area contributed by atoms with Gasteiger partial charge in [0.15, 0.2) is 0 Å². The highest BCUT2D eigenvalue weighted by Gasteiger charge is 2.43. The van der Waals surface area contributed by atoms with Crippen molar-refractivity contribution >= 4 is 0 Å². The minimum atomic E-state index is -0.190. The fourth-order valence-corrected chi connectivity index (χ4v) is 4.30. The number of hydrogen-bond donors (Lipinski definition) is 2. The average molecular weight is 373 g/mol. The number of rotatable bonds is 7. The Bertz CT molecular complexity index is 748. The molecule has 0 spiro atoms. The van der Waals surface area contributed by atoms with Gasteiger partial charge in [-0.1, -0.05) is 31.2 Å². The summed E-state index contributed by atoms with van der Waals surface area (Å²) < 4.78 is 19.6. The number of para-hydroxylation sites is 1. The second-order valence-corrected chi connectivity index (χ2v) is 8.03. The summed E-state index contributed by atoms with van der Waals surface area (Å²) in [5.41, 5.74) is 2.04. The molecule has 3 nitrogen and oxygen atoms in total. The van der Waals surface area contributed by atoms with Gasteiger partial charge in [-0.25, -0.2) is 4.39 Å². The molecule has 1 fully saturated rings. The first-order valence-corrected chi connectivity index (χ1v) is 9.95. The average Bonchev–Trinajstić information content (AvgIpc) is 2.67. The Kier molecular flexibility index (Phi) is 6.18. The van der Waals surface area contributed by atoms with Crippen LogP contribution in [0.5, 0.6) is 5.75 Å². The molecule has 27 heavy (non-hydrogen) atoms. The van der Waals surface area contributed by atoms with Gasteiger partial charge < -0.3 is 15.2 Å². The molecule has 0 saturated carbocycles. The molecule has 0 amide bonds. The molecule has 2 aromatic rings. The predicted octanol–water partition coefficient (Wildman–Crippen LogP) is 3.90. The quantitative estimate of drug-likeness (QED) is 0.724. The zero-order valence-electron chi connectivity index (χ0n) is 16.4. The number of nitrogens with two attached hydrogens (primary N) is 1. The third-order valence-electron chi connectivity index (χ3n) is 6.13. The van der Waals surface area contributed by atoms with E-state index in [0.29, 0.717) is 5.75 Å². The van der Waals surface area contributed by atoms with Crippen LogP contribution in [0.3, 0.4) is 0 Å². The van der Waals surface area contributed by atoms with Gasteiger partial charge in [0.1, 0.15) is 18.1 Å². The second-order valence-electron chi connectivity index (χ2n) is 8.03. The predicted molar refractivity (Wildman–Crippen MR) is 105 cm³/mol. The molecular formula is C23H31FNO2+. The van der Waals surface area contributed by atoms with E-state index in [4.69, 9.17) is 4.74 Å². The van der Waals surface area contributed by atoms with Gasteiger partial charge in [0, 0.05) is 24.0 Å². The lowest BCUT2D eigenvalue weighted by Crippen LogP contribution is -2.83. The minimum absolute atomic E-state index is 0.00590. The lowest BCUT2D eigenvalue weighted by atomic mass is 9.66. The van der Waals surface area contributed by atoms with Crippen molar-refractivity contribution < 1.29 is 19.6 Å². The van der Waals surface area contributed by atoms with Gasteiger partial charge in [-0.05, 0) is 56.0 Å². The van der Waals surface area contributed by atoms with Gasteiger partial charge in [0.05, 0.1) is 12.1 Å². The third kappa shape index (κ3) is 4.69. The highest BCUT2D eigenvalue weighted by molar-refractivity contribution is 5.31. The van der Waals surface area contributed by atoms with Crippen molar-refractivity contribution in [3.05, 3.63) is 65.5 Å². The molecule has 2 atom stereocenters. The third-order valence-corrected chi connectivity index (χ3v) is 6.13. The summed E-state index contributed by atoms with van der Waals surface area (Å²) >= 11 is 0. The second kappa shape index (κ2) is 8.41. The number of quaternary nitrogens is 1. The summed E-state index contributed by atoms with van der Waals surface area (Å²) in [5, 5.41) is 12.2. The van der Waals surface area contributed by atoms with E-state index in [1.807, 2.05) is 30.3 Å². The first-order valence-electron chi connectivity index (χ1n) is 9.95. The van der Waals surface area contributed by atoms with Crippen LogP contribution in [0, 0.1) is 5.82 Å². The van der Waals surface area contributed by atoms with E-state index < -0.39 is 0 Å². The van der Waals surface area contributed by atoms with Crippen molar-refractivity contribution in [1.29, 1.82) is 0 Å². The molecule has 3 rings (SSSR count). The molecule has 1 saturated heterocycles. The minimum Gasteiger partial charge on any atom is -0.507 e. The van der Waals surface area contributed by atoms with Crippen LogP contribution in [0.4, 0.5) is 4.39 Å². The van der Waals surface area contributed by atoms with Crippen molar-refractivity contribution in [2.24, 2.45) is 0 Å². The van der Waals surface area contributed by atoms with E-state index in [0.717, 1.165) is 50.9 Å². The van der Waals surface area contributed by atoms with Gasteiger partial charge in [-0.3, -0.25) is 0 Å². The summed E-state index contributed by atoms with van der Waals surface area (Å²) in [6.07, 6.45) is 3.88. The van der Waals surface area contributed by atoms with E-state index in [-0.39, 0.29) is 16.8 Å². The largest absolute Gasteiger partial charge is 0.507 e. The lowest BCUT2D eigenvalue weighted by molar-refractivity contribution is -0.672. The normalized spacial score (nSPS) is 25.4. The summed E-state index contributed by atoms with van der Waals surface area (Å²) in [4.78, 5) is 0. The first kappa shape index (κ1) is 19.8. The topological polar surface area (TPSA) is 46.1 Å². The SMILES string of the molecule is CC[C@@]1(C)C[C@@](CC[NH2+]Cc2ccccc2O)(c2ccc(F)cc2)CCO1. The molecule has 0 bridgehead atoms. The van der Waals surface area contributed by atoms with Crippen molar-refractivity contribution in [3.63, 3.8) is 0 Å². The fraction of sp³-hybridized carbons (Fsp3) is 0.478. The zero-order valence-corrected chi connectivity index (χ0v) is 16.4. The maximum absolute atomic E-state index is 13.5. The van der Waals surface area contributed by atoms with Gasteiger partial charge in [-0.2, -0.15) is 0 Å². The Balaban J connectivity index is 1.72. The molecular weight excluding hydrogens is 341 g/mol. The number of phenolic OH excluding ortho intramolecular Hbond substituents is 1. The number of ether oxygens (including phenoxy) is 1. The molecule has 0 aliphatic carbocycles. The smallest absolute Gasteiger partial charge is 0.124 e. The van der Waals surface area contributed by atoms with Crippen LogP contribution in [-0.2, 0) is 16.7 Å². The van der Waals surface area contributed by atoms with E-state index in [2.05, 4.69) is 19.2 Å². The van der Waals surface area contributed by atoms with Crippen LogP contribution >= 0.6 is 0 Å². The van der Waals surface area contributed by atoms with Crippen molar-refractivity contribution in [2.75, 3.05) is 13.2 Å². The number of aromatic hydroxyl groups is 1. The number of halogens is 1. The molecule has 146 valence electrons. The van der Waals surface area contributed by atoms with E-state index >= 15 is 0 Å². The summed E-state index contributed by atoms with van der Waals surface area (Å²) in [6, 6.07) is 14.5. The fourth-order valence-electron chi connectivity index (χ4n) is 4.30. The Morgan fingerprint density at radius 2 is 1.89 bits per heavy atom. The van der Waals surface area contributed by atoms with Crippen molar-refractivity contribution in [1.82, 2.24) is 0 Å². The first-order chi connectivity index (χ1) is 13.0. The molecule has 1 aliphatic heterocycles. The van der Waals surface area contributed by atoms with Crippen LogP contribution in [0.15, 0.2) is 48.5 Å². The molecule has 0 radical (unpaired) electrons. The van der Waals surface area contributed by atoms with Gasteiger partial charge in [0.25, 0.3) is 0 Å². The Morgan fingerprint density at radius 1 is 1.15 bits per heavy atom. The monoisotopic (exact) mass is 372 g/mol. The van der Waals surface area contributed by atoms with E-state index in [1.54, 1.807) is 18.2 Å². The van der Waals surface area contributed by atoms with Crippen LogP contribution in [0.2, 0.25) is 0 Å². The van der Waals surface area contributed by atoms with Gasteiger partial charge in [-0.15, -0.1) is 0 Å². The maximum Gasteiger partial charge on any atom is 0.124 e. The lowest BCUT2D eigenvalue weighted by Gasteiger charge is -2.46. The molecule has 0 aromatic heterocycles. The van der Waals surface area contributed by atoms with Crippen LogP contribution < -0.4 is 5.32 Å². The molecule has 0 unspecified atom stereocenters. The van der Waals surface area contributed by atoms with Crippen LogP contribution in [-0.4, -0.2) is 23.9 Å². The highest BCUT2D eigenvalue weighted by Crippen LogP contribution is 2.45. The highest BCUT2D eigenvalue weighted by atomic mass is 19.1. The van der Waals surface area contributed by atoms with Crippen LogP contribution in [0.1, 0.15) is 50.7 Å². The van der Waals surface area contributed by atoms with Crippen molar-refractivity contribution in [3.8, 4) is 5.75 Å². The van der Waals surface area contributed by atoms with Gasteiger partial charge in [0.2, 0.25) is 0 Å². The molecule has 2 aromatic carbocycles. The summed E-state index contributed by atoms with van der Waals surface area (Å²) in [7, 11) is 0. The van der Waals surface area contributed by atoms with Gasteiger partial charge >= 0.3 is 0 Å². The van der Waals surface area contributed by atoms with Crippen molar-refractivity contribution in [2.45, 2.75) is 57.1 Å². The van der Waals surface area contributed by atoms with E-state index in [9.17, 15) is 9.50 Å². The van der Waals surface area contributed by atoms with Crippen LogP contribution in [0.25, 0.3) is 0 Å². The zero-order chi connectivity index (χ0) is 19.3. The molecule has 1 heterocycles. The maximum atomic E-state index is 13.5. The number of phenols is 1. The number of benzene rings is 2. The summed E-state index contributed by atoms with van der Waals surface area (Å²) in [5.74, 6) is 0.164. The summed E-state index contributed by atoms with van der Waals surface area (Å²) in [6.45, 7) is 6.81. The standard InChI is InChI=1S/C23H30FNO2/c1-3-22(2)17-23(13-15-27-22,19-8-10-20(24)11-9-19)12-14-25-16-18-6-4-5-7-21(18)26/h4-11,25-26H,3,12-17H2,1-2H3/p+1/t22-,23-/m0/s1. The van der Waals surface area contributed by atoms with E-state index in [1.165, 1.54) is 5.56 Å². The Morgan fingerprint density at radius 3 is 2.59 bits per heavy atom. The molecule has 1 aliphatic rings. The number of hydrogen-bond acceptors (Lipinski definition) is 2.